The van der Waals surface area contributed by atoms with Gasteiger partial charge in [-0.25, -0.2) is 9.37 Å². The highest BCUT2D eigenvalue weighted by molar-refractivity contribution is 9.10. The third kappa shape index (κ3) is 3.83. The predicted molar refractivity (Wildman–Crippen MR) is 84.7 cm³/mol. The van der Waals surface area contributed by atoms with Gasteiger partial charge in [0.1, 0.15) is 10.3 Å². The molecule has 1 aromatic carbocycles. The molecule has 141 valence electrons. The zero-order valence-corrected chi connectivity index (χ0v) is 15.2. The van der Waals surface area contributed by atoms with Crippen molar-refractivity contribution in [1.29, 1.82) is 0 Å². The molecule has 10 heteroatoms. The molecule has 0 aliphatic heterocycles. The van der Waals surface area contributed by atoms with Crippen LogP contribution in [0.3, 0.4) is 0 Å². The fraction of sp³-hybridized carbons (Fsp3) is 0.312. The van der Waals surface area contributed by atoms with Crippen LogP contribution in [0.1, 0.15) is 22.4 Å². The summed E-state index contributed by atoms with van der Waals surface area (Å²) in [5.41, 5.74) is -7.76. The van der Waals surface area contributed by atoms with E-state index in [1.165, 1.54) is 31.2 Å². The Bertz CT molecular complexity index is 803. The Hall–Kier alpha value is -1.35. The Labute approximate surface area is 157 Å². The normalized spacial score (nSPS) is 13.2. The molecule has 0 spiro atoms. The summed E-state index contributed by atoms with van der Waals surface area (Å²) >= 11 is 8.47. The van der Waals surface area contributed by atoms with Crippen LogP contribution in [-0.2, 0) is 12.1 Å². The van der Waals surface area contributed by atoms with Crippen molar-refractivity contribution in [3.8, 4) is 0 Å². The first kappa shape index (κ1) is 21.0. The van der Waals surface area contributed by atoms with E-state index in [1.54, 1.807) is 0 Å². The predicted octanol–water partition coefficient (Wildman–Crippen LogP) is 6.49. The Morgan fingerprint density at radius 3 is 2.15 bits per heavy atom. The number of alkyl halides is 7. The van der Waals surface area contributed by atoms with Gasteiger partial charge in [-0.1, -0.05) is 23.7 Å². The zero-order chi connectivity index (χ0) is 19.9. The second-order valence-corrected chi connectivity index (χ2v) is 6.63. The number of nitrogens with zero attached hydrogens (tertiary/aromatic N) is 1. The Balaban J connectivity index is 2.75. The van der Waals surface area contributed by atoms with Crippen LogP contribution >= 0.6 is 27.5 Å². The van der Waals surface area contributed by atoms with E-state index >= 15 is 0 Å². The van der Waals surface area contributed by atoms with Crippen LogP contribution in [0.2, 0.25) is 5.02 Å². The van der Waals surface area contributed by atoms with Gasteiger partial charge in [-0.2, -0.15) is 26.3 Å². The molecule has 0 aliphatic rings. The van der Waals surface area contributed by atoms with Crippen LogP contribution in [0.15, 0.2) is 28.9 Å². The highest BCUT2D eigenvalue weighted by Crippen LogP contribution is 2.54. The van der Waals surface area contributed by atoms with Crippen LogP contribution in [0.4, 0.5) is 30.7 Å². The zero-order valence-electron chi connectivity index (χ0n) is 12.9. The quantitative estimate of drug-likeness (QED) is 0.375. The topological polar surface area (TPSA) is 12.9 Å². The highest BCUT2D eigenvalue weighted by Gasteiger charge is 2.75. The number of halogens is 9. The van der Waals surface area contributed by atoms with Gasteiger partial charge in [-0.3, -0.25) is 0 Å². The lowest BCUT2D eigenvalue weighted by Crippen LogP contribution is -2.51. The Kier molecular flexibility index (Phi) is 5.64. The number of hydrogen-bond acceptors (Lipinski definition) is 1. The molecule has 0 fully saturated rings. The summed E-state index contributed by atoms with van der Waals surface area (Å²) in [6.07, 6.45) is -12.9. The minimum Gasteiger partial charge on any atom is -0.241 e. The lowest BCUT2D eigenvalue weighted by Gasteiger charge is -2.31. The van der Waals surface area contributed by atoms with Gasteiger partial charge in [0.2, 0.25) is 0 Å². The molecule has 0 N–H and O–H groups in total. The van der Waals surface area contributed by atoms with Crippen LogP contribution < -0.4 is 0 Å². The second kappa shape index (κ2) is 6.99. The van der Waals surface area contributed by atoms with Crippen molar-refractivity contribution in [1.82, 2.24) is 4.98 Å². The maximum absolute atomic E-state index is 14.6. The molecule has 1 nitrogen and oxygen atoms in total. The number of aryl methyl sites for hydroxylation is 1. The Morgan fingerprint density at radius 1 is 1.08 bits per heavy atom. The molecule has 2 rings (SSSR count). The van der Waals surface area contributed by atoms with Gasteiger partial charge in [-0.15, -0.1) is 0 Å². The van der Waals surface area contributed by atoms with E-state index in [1.807, 2.05) is 0 Å². The minimum absolute atomic E-state index is 0.0997. The van der Waals surface area contributed by atoms with E-state index in [0.717, 1.165) is 0 Å². The van der Waals surface area contributed by atoms with Gasteiger partial charge in [0.05, 0.1) is 0 Å². The summed E-state index contributed by atoms with van der Waals surface area (Å²) < 4.78 is 93.0. The van der Waals surface area contributed by atoms with Gasteiger partial charge >= 0.3 is 18.0 Å². The average Bonchev–Trinajstić information content (AvgIpc) is 2.46. The first-order chi connectivity index (χ1) is 11.8. The molecule has 2 aromatic rings. The van der Waals surface area contributed by atoms with E-state index in [4.69, 9.17) is 11.6 Å². The van der Waals surface area contributed by atoms with Crippen LogP contribution in [0.5, 0.6) is 0 Å². The third-order valence-electron chi connectivity index (χ3n) is 3.62. The summed E-state index contributed by atoms with van der Waals surface area (Å²) in [5.74, 6) is 0. The highest BCUT2D eigenvalue weighted by atomic mass is 79.9. The molecule has 0 unspecified atom stereocenters. The molecular formula is C16H9BrClF7N. The van der Waals surface area contributed by atoms with E-state index in [2.05, 4.69) is 27.0 Å². The monoisotopic (exact) mass is 462 g/mol. The second-order valence-electron chi connectivity index (χ2n) is 5.44. The molecular weight excluding hydrogens is 455 g/mol. The molecule has 0 bridgehead atoms. The van der Waals surface area contributed by atoms with Crippen molar-refractivity contribution in [2.24, 2.45) is 0 Å². The van der Waals surface area contributed by atoms with Gasteiger partial charge in [-0.05, 0) is 58.1 Å². The molecule has 0 saturated heterocycles. The number of pyridine rings is 1. The summed E-state index contributed by atoms with van der Waals surface area (Å²) in [6.45, 7) is 1.23. The first-order valence-electron chi connectivity index (χ1n) is 6.93. The fourth-order valence-electron chi connectivity index (χ4n) is 2.38. The van der Waals surface area contributed by atoms with Crippen molar-refractivity contribution in [2.75, 3.05) is 0 Å². The van der Waals surface area contributed by atoms with E-state index in [0.29, 0.717) is 5.56 Å². The van der Waals surface area contributed by atoms with Gasteiger partial charge in [0.25, 0.3) is 0 Å². The van der Waals surface area contributed by atoms with Crippen molar-refractivity contribution < 1.29 is 30.7 Å². The minimum atomic E-state index is -6.26. The summed E-state index contributed by atoms with van der Waals surface area (Å²) in [7, 11) is 0. The van der Waals surface area contributed by atoms with Gasteiger partial charge in [0.15, 0.2) is 0 Å². The van der Waals surface area contributed by atoms with Crippen LogP contribution in [0, 0.1) is 13.0 Å². The SMILES string of the molecule is Cc1[c]c(Br)nc(C(F)(C(F)(F)F)C(F)(F)F)c1Cc1cccc(Cl)c1. The molecule has 26 heavy (non-hydrogen) atoms. The largest absolute Gasteiger partial charge is 0.437 e. The summed E-state index contributed by atoms with van der Waals surface area (Å²) in [6, 6.07) is 8.21. The van der Waals surface area contributed by atoms with Gasteiger partial charge < -0.3 is 0 Å². The fourth-order valence-corrected chi connectivity index (χ4v) is 3.07. The van der Waals surface area contributed by atoms with Crippen molar-refractivity contribution >= 4 is 27.5 Å². The summed E-state index contributed by atoms with van der Waals surface area (Å²) in [5, 5.41) is 0.230. The number of rotatable bonds is 3. The standard InChI is InChI=1S/C16H9BrClF7N/c1-8-5-12(17)26-13(14(19,15(20,21)22)16(23,24)25)11(8)7-9-3-2-4-10(18)6-9/h2-4,6H,7H2,1H3. The van der Waals surface area contributed by atoms with Crippen molar-refractivity contribution in [3.63, 3.8) is 0 Å². The molecule has 0 atom stereocenters. The molecule has 1 radical (unpaired) electrons. The number of hydrogen-bond donors (Lipinski definition) is 0. The molecule has 0 amide bonds. The van der Waals surface area contributed by atoms with Crippen molar-refractivity contribution in [3.05, 3.63) is 62.3 Å². The molecule has 1 aromatic heterocycles. The number of aromatic nitrogens is 1. The first-order valence-corrected chi connectivity index (χ1v) is 8.10. The maximum atomic E-state index is 14.6. The third-order valence-corrected chi connectivity index (χ3v) is 4.23. The van der Waals surface area contributed by atoms with E-state index < -0.39 is 40.3 Å². The summed E-state index contributed by atoms with van der Waals surface area (Å²) in [4.78, 5) is 3.17. The van der Waals surface area contributed by atoms with Gasteiger partial charge in [0, 0.05) is 11.1 Å². The van der Waals surface area contributed by atoms with Crippen LogP contribution in [-0.4, -0.2) is 17.3 Å². The lowest BCUT2D eigenvalue weighted by molar-refractivity contribution is -0.350. The van der Waals surface area contributed by atoms with Crippen LogP contribution in [0.25, 0.3) is 0 Å². The molecule has 0 saturated carbocycles. The smallest absolute Gasteiger partial charge is 0.241 e. The molecule has 1 heterocycles. The number of benzene rings is 1. The van der Waals surface area contributed by atoms with Crippen molar-refractivity contribution in [2.45, 2.75) is 31.4 Å². The maximum Gasteiger partial charge on any atom is 0.437 e. The van der Waals surface area contributed by atoms with E-state index in [-0.39, 0.29) is 10.6 Å². The molecule has 0 aliphatic carbocycles. The Morgan fingerprint density at radius 2 is 1.65 bits per heavy atom. The average molecular weight is 464 g/mol. The van der Waals surface area contributed by atoms with E-state index in [9.17, 15) is 30.7 Å². The lowest BCUT2D eigenvalue weighted by atomic mass is 9.89.